The van der Waals surface area contributed by atoms with Crippen molar-refractivity contribution < 1.29 is 18.0 Å². The smallest absolute Gasteiger partial charge is 0.317 e. The zero-order valence-electron chi connectivity index (χ0n) is 14.0. The summed E-state index contributed by atoms with van der Waals surface area (Å²) < 4.78 is 37.5. The van der Waals surface area contributed by atoms with Crippen LogP contribution in [0.25, 0.3) is 0 Å². The molecule has 3 rings (SSSR count). The number of halogens is 3. The third-order valence-corrected chi connectivity index (χ3v) is 5.36. The number of rotatable bonds is 4. The molecule has 2 amide bonds. The summed E-state index contributed by atoms with van der Waals surface area (Å²) in [6.07, 6.45) is -2.48. The number of nitrogens with one attached hydrogen (secondary N) is 1. The van der Waals surface area contributed by atoms with E-state index in [0.717, 1.165) is 18.4 Å². The first kappa shape index (κ1) is 18.6. The lowest BCUT2D eigenvalue weighted by Gasteiger charge is -2.26. The average Bonchev–Trinajstić information content (AvgIpc) is 3.11. The van der Waals surface area contributed by atoms with Gasteiger partial charge in [-0.2, -0.15) is 13.2 Å². The molecule has 1 N–H and O–H groups in total. The fourth-order valence-electron chi connectivity index (χ4n) is 3.07. The highest BCUT2D eigenvalue weighted by Gasteiger charge is 2.31. The first-order chi connectivity index (χ1) is 12.4. The van der Waals surface area contributed by atoms with Crippen LogP contribution in [0.3, 0.4) is 0 Å². The minimum absolute atomic E-state index is 0.00816. The maximum atomic E-state index is 12.7. The summed E-state index contributed by atoms with van der Waals surface area (Å²) >= 11 is 0.677. The number of para-hydroxylation sites is 1. The van der Waals surface area contributed by atoms with E-state index in [1.165, 1.54) is 0 Å². The van der Waals surface area contributed by atoms with Crippen LogP contribution in [0.15, 0.2) is 59.5 Å². The van der Waals surface area contributed by atoms with Crippen molar-refractivity contribution in [1.82, 2.24) is 4.90 Å². The fraction of sp³-hybridized carbons (Fsp3) is 0.316. The molecular weight excluding hydrogens is 361 g/mol. The molecule has 1 fully saturated rings. The van der Waals surface area contributed by atoms with Crippen molar-refractivity contribution in [3.05, 3.63) is 60.2 Å². The Morgan fingerprint density at radius 1 is 1.12 bits per heavy atom. The van der Waals surface area contributed by atoms with Gasteiger partial charge in [-0.15, -0.1) is 11.8 Å². The van der Waals surface area contributed by atoms with Gasteiger partial charge in [-0.05, 0) is 30.5 Å². The summed E-state index contributed by atoms with van der Waals surface area (Å²) in [5, 5.41) is 2.79. The molecule has 1 heterocycles. The highest BCUT2D eigenvalue weighted by atomic mass is 32.2. The molecule has 1 atom stereocenters. The van der Waals surface area contributed by atoms with E-state index >= 15 is 0 Å². The van der Waals surface area contributed by atoms with Crippen molar-refractivity contribution in [2.24, 2.45) is 0 Å². The number of urea groups is 1. The number of alkyl halides is 3. The van der Waals surface area contributed by atoms with Gasteiger partial charge >= 0.3 is 12.2 Å². The van der Waals surface area contributed by atoms with Gasteiger partial charge in [0.2, 0.25) is 0 Å². The number of hydrogen-bond donors (Lipinski definition) is 1. The summed E-state index contributed by atoms with van der Waals surface area (Å²) in [5.74, 6) is -0.990. The molecule has 138 valence electrons. The van der Waals surface area contributed by atoms with Crippen molar-refractivity contribution in [2.75, 3.05) is 17.6 Å². The van der Waals surface area contributed by atoms with Gasteiger partial charge in [0.25, 0.3) is 0 Å². The van der Waals surface area contributed by atoms with Crippen LogP contribution in [0.2, 0.25) is 0 Å². The topological polar surface area (TPSA) is 32.3 Å². The van der Waals surface area contributed by atoms with Gasteiger partial charge in [0.05, 0.1) is 17.5 Å². The molecule has 0 bridgehead atoms. The normalized spacial score (nSPS) is 17.3. The largest absolute Gasteiger partial charge is 0.398 e. The highest BCUT2D eigenvalue weighted by Crippen LogP contribution is 2.35. The summed E-state index contributed by atoms with van der Waals surface area (Å²) in [5.41, 5.74) is 1.48. The van der Waals surface area contributed by atoms with Gasteiger partial charge in [0.15, 0.2) is 0 Å². The van der Waals surface area contributed by atoms with Crippen LogP contribution in [0, 0.1) is 0 Å². The molecule has 0 aliphatic carbocycles. The molecule has 1 aliphatic rings. The molecular formula is C19H19F3N2OS. The zero-order valence-corrected chi connectivity index (χ0v) is 14.8. The maximum absolute atomic E-state index is 12.7. The number of anilines is 1. The van der Waals surface area contributed by atoms with Crippen molar-refractivity contribution in [3.8, 4) is 0 Å². The standard InChI is InChI=1S/C19H19F3N2OS/c20-19(21,22)13-26-17-11-5-4-9-15(17)23-18(25)24-12-6-10-16(24)14-7-2-1-3-8-14/h1-5,7-9,11,16H,6,10,12-13H2,(H,23,25). The van der Waals surface area contributed by atoms with Gasteiger partial charge in [-0.3, -0.25) is 0 Å². The minimum Gasteiger partial charge on any atom is -0.317 e. The lowest BCUT2D eigenvalue weighted by molar-refractivity contribution is -0.105. The molecule has 3 nitrogen and oxygen atoms in total. The van der Waals surface area contributed by atoms with Crippen molar-refractivity contribution >= 4 is 23.5 Å². The Kier molecular flexibility index (Phi) is 5.76. The quantitative estimate of drug-likeness (QED) is 0.689. The Bertz CT molecular complexity index is 752. The second-order valence-electron chi connectivity index (χ2n) is 6.09. The second kappa shape index (κ2) is 8.03. The lowest BCUT2D eigenvalue weighted by atomic mass is 10.1. The van der Waals surface area contributed by atoms with Gasteiger partial charge in [0, 0.05) is 11.4 Å². The van der Waals surface area contributed by atoms with E-state index in [0.29, 0.717) is 28.9 Å². The number of carbonyl (C=O) groups is 1. The van der Waals surface area contributed by atoms with Gasteiger partial charge in [0.1, 0.15) is 0 Å². The molecule has 1 aliphatic heterocycles. The Hall–Kier alpha value is -2.15. The summed E-state index contributed by atoms with van der Waals surface area (Å²) in [6, 6.07) is 16.1. The van der Waals surface area contributed by atoms with E-state index in [2.05, 4.69) is 5.32 Å². The number of benzene rings is 2. The highest BCUT2D eigenvalue weighted by molar-refractivity contribution is 7.99. The second-order valence-corrected chi connectivity index (χ2v) is 7.11. The molecule has 1 saturated heterocycles. The van der Waals surface area contributed by atoms with Gasteiger partial charge in [-0.25, -0.2) is 4.79 Å². The Morgan fingerprint density at radius 3 is 2.54 bits per heavy atom. The summed E-state index contributed by atoms with van der Waals surface area (Å²) in [7, 11) is 0. The molecule has 2 aromatic carbocycles. The summed E-state index contributed by atoms with van der Waals surface area (Å²) in [4.78, 5) is 14.9. The van der Waals surface area contributed by atoms with Crippen LogP contribution in [0.4, 0.5) is 23.7 Å². The first-order valence-electron chi connectivity index (χ1n) is 8.35. The van der Waals surface area contributed by atoms with E-state index in [-0.39, 0.29) is 12.1 Å². The maximum Gasteiger partial charge on any atom is 0.398 e. The van der Waals surface area contributed by atoms with Crippen LogP contribution in [0.5, 0.6) is 0 Å². The number of thioether (sulfide) groups is 1. The van der Waals surface area contributed by atoms with Crippen molar-refractivity contribution in [3.63, 3.8) is 0 Å². The SMILES string of the molecule is O=C(Nc1ccccc1SCC(F)(F)F)N1CCCC1c1ccccc1. The zero-order chi connectivity index (χ0) is 18.6. The van der Waals surface area contributed by atoms with Crippen LogP contribution >= 0.6 is 11.8 Å². The lowest BCUT2D eigenvalue weighted by Crippen LogP contribution is -2.34. The van der Waals surface area contributed by atoms with E-state index in [4.69, 9.17) is 0 Å². The van der Waals surface area contributed by atoms with Crippen LogP contribution < -0.4 is 5.32 Å². The Labute approximate surface area is 154 Å². The van der Waals surface area contributed by atoms with Crippen LogP contribution in [0.1, 0.15) is 24.4 Å². The number of carbonyl (C=O) groups excluding carboxylic acids is 1. The number of likely N-dealkylation sites (tertiary alicyclic amines) is 1. The van der Waals surface area contributed by atoms with Crippen molar-refractivity contribution in [2.45, 2.75) is 30.0 Å². The molecule has 1 unspecified atom stereocenters. The van der Waals surface area contributed by atoms with Gasteiger partial charge in [-0.1, -0.05) is 42.5 Å². The summed E-state index contributed by atoms with van der Waals surface area (Å²) in [6.45, 7) is 0.628. The molecule has 7 heteroatoms. The van der Waals surface area contributed by atoms with Crippen molar-refractivity contribution in [1.29, 1.82) is 0 Å². The van der Waals surface area contributed by atoms with E-state index < -0.39 is 11.9 Å². The third kappa shape index (κ3) is 4.72. The van der Waals surface area contributed by atoms with Crippen LogP contribution in [-0.2, 0) is 0 Å². The molecule has 0 aromatic heterocycles. The van der Waals surface area contributed by atoms with E-state index in [1.54, 1.807) is 29.2 Å². The molecule has 26 heavy (non-hydrogen) atoms. The minimum atomic E-state index is -4.25. The Morgan fingerprint density at radius 2 is 1.81 bits per heavy atom. The third-order valence-electron chi connectivity index (χ3n) is 4.22. The molecule has 0 saturated carbocycles. The number of nitrogens with zero attached hydrogens (tertiary/aromatic N) is 1. The first-order valence-corrected chi connectivity index (χ1v) is 9.34. The number of hydrogen-bond acceptors (Lipinski definition) is 2. The average molecular weight is 380 g/mol. The predicted molar refractivity (Wildman–Crippen MR) is 97.4 cm³/mol. The molecule has 0 spiro atoms. The molecule has 2 aromatic rings. The molecule has 0 radical (unpaired) electrons. The monoisotopic (exact) mass is 380 g/mol. The van der Waals surface area contributed by atoms with Crippen LogP contribution in [-0.4, -0.2) is 29.4 Å². The van der Waals surface area contributed by atoms with Gasteiger partial charge < -0.3 is 10.2 Å². The number of amides is 2. The van der Waals surface area contributed by atoms with E-state index in [9.17, 15) is 18.0 Å². The Balaban J connectivity index is 1.72. The van der Waals surface area contributed by atoms with E-state index in [1.807, 2.05) is 30.3 Å². The predicted octanol–water partition coefficient (Wildman–Crippen LogP) is 5.71. The fourth-order valence-corrected chi connectivity index (χ4v) is 3.84.